The molecule has 0 bridgehead atoms. The fraction of sp³-hybridized carbons (Fsp3) is 0.565. The van der Waals surface area contributed by atoms with Gasteiger partial charge in [-0.3, -0.25) is 14.7 Å². The van der Waals surface area contributed by atoms with E-state index in [1.807, 2.05) is 0 Å². The van der Waals surface area contributed by atoms with E-state index in [-0.39, 0.29) is 40.9 Å². The van der Waals surface area contributed by atoms with Crippen LogP contribution < -0.4 is 10.1 Å². The Morgan fingerprint density at radius 2 is 1.85 bits per heavy atom. The van der Waals surface area contributed by atoms with Crippen molar-refractivity contribution in [3.05, 3.63) is 29.8 Å². The summed E-state index contributed by atoms with van der Waals surface area (Å²) in [7, 11) is 1.42. The number of hydrogen-bond donors (Lipinski definition) is 2. The zero-order chi connectivity index (χ0) is 24.2. The van der Waals surface area contributed by atoms with Crippen LogP contribution in [0.4, 0.5) is 13.2 Å². The molecule has 2 N–H and O–H groups in total. The number of pyridine rings is 1. The number of amides is 2. The molecule has 11 heteroatoms. The lowest BCUT2D eigenvalue weighted by atomic mass is 9.85. The first-order valence-corrected chi connectivity index (χ1v) is 11.5. The summed E-state index contributed by atoms with van der Waals surface area (Å²) in [5.74, 6) is -1.49. The topological polar surface area (TPSA) is 100 Å². The predicted molar refractivity (Wildman–Crippen MR) is 117 cm³/mol. The molecule has 0 aromatic carbocycles. The number of hydrogen-bond acceptors (Lipinski definition) is 5. The molecular weight excluding hydrogens is 451 g/mol. The Morgan fingerprint density at radius 1 is 1.15 bits per heavy atom. The van der Waals surface area contributed by atoms with Crippen molar-refractivity contribution < 1.29 is 27.5 Å². The minimum absolute atomic E-state index is 0.0585. The quantitative estimate of drug-likeness (QED) is 0.662. The number of rotatable bonds is 6. The van der Waals surface area contributed by atoms with E-state index in [1.165, 1.54) is 19.2 Å². The fourth-order valence-corrected chi connectivity index (χ4v) is 4.65. The van der Waals surface area contributed by atoms with Gasteiger partial charge in [0.2, 0.25) is 18.2 Å². The van der Waals surface area contributed by atoms with Gasteiger partial charge in [-0.05, 0) is 44.6 Å². The fourth-order valence-electron chi connectivity index (χ4n) is 4.65. The van der Waals surface area contributed by atoms with E-state index in [0.717, 1.165) is 6.20 Å². The molecule has 3 heterocycles. The number of methoxy groups -OCH3 is 1. The van der Waals surface area contributed by atoms with Gasteiger partial charge in [0, 0.05) is 42.6 Å². The summed E-state index contributed by atoms with van der Waals surface area (Å²) in [5.41, 5.74) is 0.678. The summed E-state index contributed by atoms with van der Waals surface area (Å²) in [6.07, 6.45) is 1.77. The van der Waals surface area contributed by atoms with Crippen molar-refractivity contribution in [2.24, 2.45) is 11.8 Å². The summed E-state index contributed by atoms with van der Waals surface area (Å²) in [6, 6.07) is 2.84. The number of nitrogens with one attached hydrogen (secondary N) is 2. The third kappa shape index (κ3) is 5.34. The van der Waals surface area contributed by atoms with E-state index in [1.54, 1.807) is 4.90 Å². The molecule has 2 aliphatic rings. The molecule has 34 heavy (non-hydrogen) atoms. The van der Waals surface area contributed by atoms with Crippen LogP contribution in [0.3, 0.4) is 0 Å². The van der Waals surface area contributed by atoms with Crippen molar-refractivity contribution in [3.63, 3.8) is 0 Å². The molecule has 2 aromatic heterocycles. The highest BCUT2D eigenvalue weighted by Crippen LogP contribution is 2.30. The highest BCUT2D eigenvalue weighted by atomic mass is 19.3. The maximum absolute atomic E-state index is 14.2. The number of piperidine rings is 1. The van der Waals surface area contributed by atoms with E-state index in [0.29, 0.717) is 57.3 Å². The zero-order valence-corrected chi connectivity index (χ0v) is 18.9. The second kappa shape index (κ2) is 10.4. The summed E-state index contributed by atoms with van der Waals surface area (Å²) in [4.78, 5) is 30.9. The van der Waals surface area contributed by atoms with Crippen LogP contribution in [-0.2, 0) is 4.79 Å². The summed E-state index contributed by atoms with van der Waals surface area (Å²) < 4.78 is 44.8. The second-order valence-electron chi connectivity index (χ2n) is 8.89. The number of nitrogens with zero attached hydrogens (tertiary/aromatic N) is 3. The first-order valence-electron chi connectivity index (χ1n) is 11.5. The summed E-state index contributed by atoms with van der Waals surface area (Å²) in [5, 5.41) is 9.73. The number of H-pyrrole nitrogens is 1. The molecule has 2 amide bonds. The molecule has 0 spiro atoms. The lowest BCUT2D eigenvalue weighted by Gasteiger charge is -2.33. The second-order valence-corrected chi connectivity index (χ2v) is 8.89. The molecule has 184 valence electrons. The lowest BCUT2D eigenvalue weighted by molar-refractivity contribution is -0.127. The average molecular weight is 480 g/mol. The van der Waals surface area contributed by atoms with Crippen molar-refractivity contribution in [2.75, 3.05) is 20.2 Å². The van der Waals surface area contributed by atoms with Gasteiger partial charge in [0.1, 0.15) is 0 Å². The van der Waals surface area contributed by atoms with Gasteiger partial charge in [-0.2, -0.15) is 5.10 Å². The number of carbonyl (C=O) groups is 2. The molecule has 0 radical (unpaired) electrons. The Kier molecular flexibility index (Phi) is 7.38. The normalized spacial score (nSPS) is 21.5. The van der Waals surface area contributed by atoms with Gasteiger partial charge in [0.05, 0.1) is 19.0 Å². The monoisotopic (exact) mass is 479 g/mol. The molecule has 2 aromatic rings. The smallest absolute Gasteiger partial charge is 0.274 e. The van der Waals surface area contributed by atoms with Crippen LogP contribution in [0.2, 0.25) is 0 Å². The maximum atomic E-state index is 14.2. The minimum atomic E-state index is -2.30. The molecule has 2 fully saturated rings. The Morgan fingerprint density at radius 3 is 2.50 bits per heavy atom. The summed E-state index contributed by atoms with van der Waals surface area (Å²) in [6.45, 7) is 0.795. The molecule has 1 aliphatic heterocycles. The van der Waals surface area contributed by atoms with E-state index in [9.17, 15) is 22.8 Å². The first kappa shape index (κ1) is 24.0. The Bertz CT molecular complexity index is 1020. The van der Waals surface area contributed by atoms with Crippen molar-refractivity contribution >= 4 is 11.8 Å². The number of ether oxygens (including phenoxy) is 1. The van der Waals surface area contributed by atoms with Gasteiger partial charge in [0.15, 0.2) is 11.5 Å². The van der Waals surface area contributed by atoms with Gasteiger partial charge < -0.3 is 15.0 Å². The molecule has 1 aliphatic carbocycles. The van der Waals surface area contributed by atoms with Crippen LogP contribution in [0, 0.1) is 17.7 Å². The van der Waals surface area contributed by atoms with Crippen molar-refractivity contribution in [3.8, 4) is 17.1 Å². The number of aromatic amines is 1. The Labute approximate surface area is 195 Å². The lowest BCUT2D eigenvalue weighted by Crippen LogP contribution is -2.46. The minimum Gasteiger partial charge on any atom is -0.481 e. The van der Waals surface area contributed by atoms with Gasteiger partial charge in [-0.1, -0.05) is 0 Å². The summed E-state index contributed by atoms with van der Waals surface area (Å²) >= 11 is 0. The van der Waals surface area contributed by atoms with Crippen molar-refractivity contribution in [1.82, 2.24) is 25.4 Å². The number of halogens is 3. The van der Waals surface area contributed by atoms with Crippen molar-refractivity contribution in [2.45, 2.75) is 51.0 Å². The van der Waals surface area contributed by atoms with Crippen LogP contribution in [0.15, 0.2) is 18.3 Å². The van der Waals surface area contributed by atoms with Crippen LogP contribution in [0.5, 0.6) is 5.88 Å². The third-order valence-electron chi connectivity index (χ3n) is 6.75. The number of alkyl halides is 2. The molecular formula is C23H28F3N5O3. The first-order chi connectivity index (χ1) is 16.4. The van der Waals surface area contributed by atoms with Crippen LogP contribution >= 0.6 is 0 Å². The third-order valence-corrected chi connectivity index (χ3v) is 6.75. The highest BCUT2D eigenvalue weighted by molar-refractivity contribution is 5.93. The zero-order valence-electron chi connectivity index (χ0n) is 18.9. The van der Waals surface area contributed by atoms with E-state index in [2.05, 4.69) is 20.5 Å². The molecule has 0 atom stereocenters. The number of likely N-dealkylation sites (tertiary alicyclic amines) is 1. The SMILES string of the molecule is COc1cc(-c2cc(C(=O)N3CCC(C(=O)N[C@H]4CC[C@H](C(F)F)CC4)CC3)n[nH]2)c(F)cn1. The van der Waals surface area contributed by atoms with Crippen molar-refractivity contribution in [1.29, 1.82) is 0 Å². The largest absolute Gasteiger partial charge is 0.481 e. The number of carbonyl (C=O) groups excluding carboxylic acids is 2. The molecule has 4 rings (SSSR count). The molecule has 8 nitrogen and oxygen atoms in total. The van der Waals surface area contributed by atoms with Gasteiger partial charge in [-0.15, -0.1) is 0 Å². The van der Waals surface area contributed by atoms with Crippen LogP contribution in [0.1, 0.15) is 49.0 Å². The molecule has 1 saturated heterocycles. The predicted octanol–water partition coefficient (Wildman–Crippen LogP) is 3.41. The average Bonchev–Trinajstić information content (AvgIpc) is 3.34. The van der Waals surface area contributed by atoms with Crippen LogP contribution in [0.25, 0.3) is 11.3 Å². The molecule has 1 saturated carbocycles. The van der Waals surface area contributed by atoms with E-state index >= 15 is 0 Å². The Balaban J connectivity index is 1.29. The maximum Gasteiger partial charge on any atom is 0.274 e. The van der Waals surface area contributed by atoms with Gasteiger partial charge in [-0.25, -0.2) is 18.2 Å². The highest BCUT2D eigenvalue weighted by Gasteiger charge is 2.32. The van der Waals surface area contributed by atoms with E-state index < -0.39 is 18.2 Å². The Hall–Kier alpha value is -3.11. The number of aromatic nitrogens is 3. The standard InChI is InChI=1S/C23H28F3N5O3/c1-34-20-10-16(17(24)12-27-20)18-11-19(30-29-18)23(33)31-8-6-14(7-9-31)22(32)28-15-4-2-13(3-5-15)21(25)26/h10-15,21H,2-9H2,1H3,(H,28,32)(H,29,30)/t13-,15-. The van der Waals surface area contributed by atoms with Crippen LogP contribution in [-0.4, -0.2) is 64.6 Å². The molecule has 0 unspecified atom stereocenters. The van der Waals surface area contributed by atoms with Gasteiger partial charge in [0.25, 0.3) is 5.91 Å². The van der Waals surface area contributed by atoms with Gasteiger partial charge >= 0.3 is 0 Å². The van der Waals surface area contributed by atoms with E-state index in [4.69, 9.17) is 4.74 Å².